The van der Waals surface area contributed by atoms with Crippen molar-refractivity contribution in [3.05, 3.63) is 58.9 Å². The zero-order valence-electron chi connectivity index (χ0n) is 16.1. The molecule has 6 nitrogen and oxygen atoms in total. The molecule has 0 aliphatic carbocycles. The van der Waals surface area contributed by atoms with E-state index in [1.54, 1.807) is 35.2 Å². The topological polar surface area (TPSA) is 70.7 Å². The monoisotopic (exact) mass is 419 g/mol. The molecule has 0 bridgehead atoms. The third-order valence-corrected chi connectivity index (χ3v) is 5.23. The number of likely N-dealkylation sites (tertiary alicyclic amines) is 1. The number of hydrogen-bond acceptors (Lipinski definition) is 3. The van der Waals surface area contributed by atoms with Crippen LogP contribution in [0.15, 0.2) is 42.5 Å². The van der Waals surface area contributed by atoms with E-state index in [-0.39, 0.29) is 23.7 Å². The fraction of sp³-hybridized carbons (Fsp3) is 0.333. The molecule has 29 heavy (non-hydrogen) atoms. The van der Waals surface area contributed by atoms with Crippen LogP contribution in [0.5, 0.6) is 5.75 Å². The molecular formula is C21H23ClFN3O3. The van der Waals surface area contributed by atoms with Crippen molar-refractivity contribution in [2.45, 2.75) is 19.4 Å². The lowest BCUT2D eigenvalue weighted by Crippen LogP contribution is -2.44. The average Bonchev–Trinajstić information content (AvgIpc) is 2.73. The number of amides is 3. The van der Waals surface area contributed by atoms with Gasteiger partial charge in [-0.25, -0.2) is 9.18 Å². The van der Waals surface area contributed by atoms with Crippen molar-refractivity contribution in [3.63, 3.8) is 0 Å². The summed E-state index contributed by atoms with van der Waals surface area (Å²) in [6.45, 7) is 1.34. The van der Waals surface area contributed by atoms with Gasteiger partial charge in [0.05, 0.1) is 12.1 Å². The number of hydrogen-bond donors (Lipinski definition) is 2. The molecule has 0 spiro atoms. The molecule has 3 amide bonds. The number of carbonyl (C=O) groups is 2. The van der Waals surface area contributed by atoms with Gasteiger partial charge in [-0.3, -0.25) is 4.79 Å². The van der Waals surface area contributed by atoms with Crippen molar-refractivity contribution in [2.75, 3.05) is 25.5 Å². The molecule has 1 saturated heterocycles. The molecule has 1 aliphatic rings. The van der Waals surface area contributed by atoms with Crippen molar-refractivity contribution in [2.24, 2.45) is 5.92 Å². The molecule has 1 fully saturated rings. The molecule has 1 heterocycles. The first-order valence-corrected chi connectivity index (χ1v) is 9.75. The first-order valence-electron chi connectivity index (χ1n) is 9.38. The van der Waals surface area contributed by atoms with Crippen LogP contribution in [0.25, 0.3) is 0 Å². The summed E-state index contributed by atoms with van der Waals surface area (Å²) in [5.74, 6) is 0.0472. The minimum absolute atomic E-state index is 0.0451. The summed E-state index contributed by atoms with van der Waals surface area (Å²) in [5.41, 5.74) is 1.43. The predicted octanol–water partition coefficient (Wildman–Crippen LogP) is 4.05. The van der Waals surface area contributed by atoms with Gasteiger partial charge in [-0.05, 0) is 48.7 Å². The largest absolute Gasteiger partial charge is 0.495 e. The Morgan fingerprint density at radius 2 is 1.86 bits per heavy atom. The van der Waals surface area contributed by atoms with E-state index in [2.05, 4.69) is 10.6 Å². The van der Waals surface area contributed by atoms with Crippen LogP contribution in [0.4, 0.5) is 14.9 Å². The lowest BCUT2D eigenvalue weighted by molar-refractivity contribution is -0.126. The number of carbonyl (C=O) groups excluding carboxylic acids is 2. The Bertz CT molecular complexity index is 868. The van der Waals surface area contributed by atoms with E-state index in [0.717, 1.165) is 5.56 Å². The molecule has 0 radical (unpaired) electrons. The van der Waals surface area contributed by atoms with Gasteiger partial charge in [0, 0.05) is 31.2 Å². The van der Waals surface area contributed by atoms with Gasteiger partial charge in [-0.2, -0.15) is 0 Å². The summed E-state index contributed by atoms with van der Waals surface area (Å²) in [6.07, 6.45) is 1.18. The lowest BCUT2D eigenvalue weighted by Gasteiger charge is -2.31. The summed E-state index contributed by atoms with van der Waals surface area (Å²) < 4.78 is 18.0. The molecule has 0 aromatic heterocycles. The number of piperidine rings is 1. The Hall–Kier alpha value is -2.80. The van der Waals surface area contributed by atoms with Gasteiger partial charge in [0.2, 0.25) is 5.91 Å². The number of ether oxygens (including phenoxy) is 1. The van der Waals surface area contributed by atoms with Crippen LogP contribution >= 0.6 is 11.6 Å². The molecule has 3 rings (SSSR count). The SMILES string of the molecule is COc1ccc(NC(=O)N2CCC(C(=O)NCc3ccc(F)cc3)CC2)cc1Cl. The quantitative estimate of drug-likeness (QED) is 0.768. The Morgan fingerprint density at radius 3 is 2.48 bits per heavy atom. The Labute approximate surface area is 174 Å². The second-order valence-corrected chi connectivity index (χ2v) is 7.29. The fourth-order valence-electron chi connectivity index (χ4n) is 3.23. The fourth-order valence-corrected chi connectivity index (χ4v) is 3.48. The first kappa shape index (κ1) is 20.9. The molecule has 0 saturated carbocycles. The Kier molecular flexibility index (Phi) is 6.93. The van der Waals surface area contributed by atoms with Crippen molar-refractivity contribution in [1.29, 1.82) is 0 Å². The molecule has 2 aromatic rings. The summed E-state index contributed by atoms with van der Waals surface area (Å²) >= 11 is 6.08. The number of rotatable bonds is 5. The maximum Gasteiger partial charge on any atom is 0.321 e. The number of halogens is 2. The highest BCUT2D eigenvalue weighted by Crippen LogP contribution is 2.27. The van der Waals surface area contributed by atoms with E-state index in [9.17, 15) is 14.0 Å². The molecule has 0 unspecified atom stereocenters. The van der Waals surface area contributed by atoms with Crippen LogP contribution in [-0.4, -0.2) is 37.0 Å². The molecule has 2 aromatic carbocycles. The van der Waals surface area contributed by atoms with Gasteiger partial charge in [0.25, 0.3) is 0 Å². The van der Waals surface area contributed by atoms with Crippen LogP contribution in [0, 0.1) is 11.7 Å². The molecule has 0 atom stereocenters. The van der Waals surface area contributed by atoms with Gasteiger partial charge in [-0.1, -0.05) is 23.7 Å². The van der Waals surface area contributed by atoms with E-state index in [0.29, 0.717) is 48.9 Å². The number of methoxy groups -OCH3 is 1. The number of nitrogens with one attached hydrogen (secondary N) is 2. The van der Waals surface area contributed by atoms with Gasteiger partial charge in [-0.15, -0.1) is 0 Å². The van der Waals surface area contributed by atoms with E-state index in [4.69, 9.17) is 16.3 Å². The first-order chi connectivity index (χ1) is 14.0. The standard InChI is InChI=1S/C21H23ClFN3O3/c1-29-19-7-6-17(12-18(19)22)25-21(28)26-10-8-15(9-11-26)20(27)24-13-14-2-4-16(23)5-3-14/h2-7,12,15H,8-11,13H2,1H3,(H,24,27)(H,25,28). The van der Waals surface area contributed by atoms with Crippen molar-refractivity contribution in [1.82, 2.24) is 10.2 Å². The predicted molar refractivity (Wildman–Crippen MR) is 110 cm³/mol. The van der Waals surface area contributed by atoms with E-state index < -0.39 is 0 Å². The summed E-state index contributed by atoms with van der Waals surface area (Å²) in [6, 6.07) is 10.9. The second kappa shape index (κ2) is 9.60. The smallest absolute Gasteiger partial charge is 0.321 e. The third kappa shape index (κ3) is 5.60. The van der Waals surface area contributed by atoms with Crippen molar-refractivity contribution in [3.8, 4) is 5.75 Å². The normalized spacial score (nSPS) is 14.4. The average molecular weight is 420 g/mol. The molecule has 8 heteroatoms. The van der Waals surface area contributed by atoms with Gasteiger partial charge >= 0.3 is 6.03 Å². The number of benzene rings is 2. The highest BCUT2D eigenvalue weighted by atomic mass is 35.5. The zero-order chi connectivity index (χ0) is 20.8. The lowest BCUT2D eigenvalue weighted by atomic mass is 9.96. The van der Waals surface area contributed by atoms with E-state index in [1.165, 1.54) is 19.2 Å². The minimum atomic E-state index is -0.303. The summed E-state index contributed by atoms with van der Waals surface area (Å²) in [7, 11) is 1.53. The molecule has 154 valence electrons. The van der Waals surface area contributed by atoms with Gasteiger partial charge < -0.3 is 20.3 Å². The van der Waals surface area contributed by atoms with E-state index >= 15 is 0 Å². The Balaban J connectivity index is 1.45. The Morgan fingerprint density at radius 1 is 1.17 bits per heavy atom. The van der Waals surface area contributed by atoms with Crippen molar-refractivity contribution >= 4 is 29.2 Å². The molecular weight excluding hydrogens is 397 g/mol. The maximum atomic E-state index is 12.9. The highest BCUT2D eigenvalue weighted by molar-refractivity contribution is 6.32. The number of anilines is 1. The summed E-state index contributed by atoms with van der Waals surface area (Å²) in [4.78, 5) is 26.5. The van der Waals surface area contributed by atoms with Gasteiger partial charge in [0.15, 0.2) is 0 Å². The van der Waals surface area contributed by atoms with Crippen LogP contribution in [0.3, 0.4) is 0 Å². The third-order valence-electron chi connectivity index (χ3n) is 4.94. The van der Waals surface area contributed by atoms with Crippen molar-refractivity contribution < 1.29 is 18.7 Å². The maximum absolute atomic E-state index is 12.9. The molecule has 2 N–H and O–H groups in total. The summed E-state index contributed by atoms with van der Waals surface area (Å²) in [5, 5.41) is 6.12. The van der Waals surface area contributed by atoms with Crippen LogP contribution in [-0.2, 0) is 11.3 Å². The number of urea groups is 1. The van der Waals surface area contributed by atoms with Crippen LogP contribution in [0.2, 0.25) is 5.02 Å². The zero-order valence-corrected chi connectivity index (χ0v) is 16.8. The van der Waals surface area contributed by atoms with Gasteiger partial charge in [0.1, 0.15) is 11.6 Å². The van der Waals surface area contributed by atoms with E-state index in [1.807, 2.05) is 0 Å². The second-order valence-electron chi connectivity index (χ2n) is 6.89. The minimum Gasteiger partial charge on any atom is -0.495 e. The highest BCUT2D eigenvalue weighted by Gasteiger charge is 2.27. The molecule has 1 aliphatic heterocycles. The van der Waals surface area contributed by atoms with Crippen LogP contribution in [0.1, 0.15) is 18.4 Å². The number of nitrogens with zero attached hydrogens (tertiary/aromatic N) is 1. The van der Waals surface area contributed by atoms with Crippen LogP contribution < -0.4 is 15.4 Å².